The van der Waals surface area contributed by atoms with Gasteiger partial charge in [-0.25, -0.2) is 9.97 Å². The molecule has 30 heavy (non-hydrogen) atoms. The molecule has 4 rings (SSSR count). The van der Waals surface area contributed by atoms with E-state index in [-0.39, 0.29) is 5.91 Å². The van der Waals surface area contributed by atoms with Gasteiger partial charge in [0.2, 0.25) is 0 Å². The maximum atomic E-state index is 11.8. The molecule has 1 amide bonds. The SMILES string of the molecule is C=C=CC(=O)Nc1ccc2ncnc(Nc3ccc(Oc4ccccc4)cc3)c2c1. The Morgan fingerprint density at radius 2 is 1.67 bits per heavy atom. The highest BCUT2D eigenvalue weighted by atomic mass is 16.5. The molecule has 0 saturated heterocycles. The van der Waals surface area contributed by atoms with Crippen LogP contribution in [0.15, 0.2) is 97.5 Å². The van der Waals surface area contributed by atoms with E-state index in [0.29, 0.717) is 11.5 Å². The average molecular weight is 394 g/mol. The minimum Gasteiger partial charge on any atom is -0.457 e. The number of aromatic nitrogens is 2. The van der Waals surface area contributed by atoms with Gasteiger partial charge in [-0.05, 0) is 54.6 Å². The average Bonchev–Trinajstić information content (AvgIpc) is 2.76. The van der Waals surface area contributed by atoms with Crippen LogP contribution in [0.25, 0.3) is 10.9 Å². The van der Waals surface area contributed by atoms with Gasteiger partial charge in [0.25, 0.3) is 5.91 Å². The first-order valence-corrected chi connectivity index (χ1v) is 9.23. The first kappa shape index (κ1) is 18.9. The fourth-order valence-electron chi connectivity index (χ4n) is 2.87. The standard InChI is InChI=1S/C24H18N4O2/c1-2-6-23(29)27-18-11-14-22-21(15-18)24(26-16-25-22)28-17-9-12-20(13-10-17)30-19-7-4-3-5-8-19/h3-16H,1H2,(H,27,29)(H,25,26,28). The lowest BCUT2D eigenvalue weighted by Gasteiger charge is -2.11. The summed E-state index contributed by atoms with van der Waals surface area (Å²) in [4.78, 5) is 20.4. The number of fused-ring (bicyclic) bond motifs is 1. The molecule has 0 fully saturated rings. The Hall–Kier alpha value is -4.41. The Morgan fingerprint density at radius 1 is 0.933 bits per heavy atom. The van der Waals surface area contributed by atoms with Crippen LogP contribution in [0.2, 0.25) is 0 Å². The molecule has 0 spiro atoms. The van der Waals surface area contributed by atoms with E-state index in [9.17, 15) is 4.79 Å². The van der Waals surface area contributed by atoms with Crippen molar-refractivity contribution >= 4 is 34.0 Å². The highest BCUT2D eigenvalue weighted by Gasteiger charge is 2.07. The van der Waals surface area contributed by atoms with Gasteiger partial charge in [-0.2, -0.15) is 0 Å². The van der Waals surface area contributed by atoms with Crippen LogP contribution in [0.1, 0.15) is 0 Å². The zero-order valence-electron chi connectivity index (χ0n) is 16.0. The number of nitrogens with one attached hydrogen (secondary N) is 2. The fourth-order valence-corrected chi connectivity index (χ4v) is 2.87. The molecular formula is C24H18N4O2. The van der Waals surface area contributed by atoms with Gasteiger partial charge in [-0.1, -0.05) is 24.8 Å². The third-order valence-corrected chi connectivity index (χ3v) is 4.23. The Kier molecular flexibility index (Phi) is 5.51. The molecule has 6 heteroatoms. The van der Waals surface area contributed by atoms with Crippen molar-refractivity contribution in [3.63, 3.8) is 0 Å². The largest absolute Gasteiger partial charge is 0.457 e. The second kappa shape index (κ2) is 8.73. The first-order chi connectivity index (χ1) is 14.7. The molecule has 0 unspecified atom stereocenters. The molecule has 0 aliphatic rings. The molecule has 2 N–H and O–H groups in total. The molecule has 146 valence electrons. The minimum atomic E-state index is -0.301. The first-order valence-electron chi connectivity index (χ1n) is 9.23. The molecule has 0 aliphatic carbocycles. The van der Waals surface area contributed by atoms with Crippen LogP contribution in [0.3, 0.4) is 0 Å². The van der Waals surface area contributed by atoms with Crippen molar-refractivity contribution in [3.05, 3.63) is 97.5 Å². The van der Waals surface area contributed by atoms with Crippen LogP contribution in [0, 0.1) is 0 Å². The molecular weight excluding hydrogens is 376 g/mol. The van der Waals surface area contributed by atoms with Crippen molar-refractivity contribution in [3.8, 4) is 11.5 Å². The van der Waals surface area contributed by atoms with Crippen LogP contribution < -0.4 is 15.4 Å². The molecule has 3 aromatic carbocycles. The van der Waals surface area contributed by atoms with Crippen molar-refractivity contribution in [1.29, 1.82) is 0 Å². The number of hydrogen-bond donors (Lipinski definition) is 2. The number of ether oxygens (including phenoxy) is 1. The zero-order chi connectivity index (χ0) is 20.8. The summed E-state index contributed by atoms with van der Waals surface area (Å²) in [7, 11) is 0. The summed E-state index contributed by atoms with van der Waals surface area (Å²) in [5.74, 6) is 1.84. The predicted octanol–water partition coefficient (Wildman–Crippen LogP) is 5.45. The van der Waals surface area contributed by atoms with Gasteiger partial charge >= 0.3 is 0 Å². The summed E-state index contributed by atoms with van der Waals surface area (Å²) in [5, 5.41) is 6.83. The Balaban J connectivity index is 1.55. The second-order valence-corrected chi connectivity index (χ2v) is 6.36. The highest BCUT2D eigenvalue weighted by Crippen LogP contribution is 2.28. The number of carbonyl (C=O) groups excluding carboxylic acids is 1. The number of amides is 1. The van der Waals surface area contributed by atoms with Crippen molar-refractivity contribution in [2.75, 3.05) is 10.6 Å². The molecule has 0 atom stereocenters. The second-order valence-electron chi connectivity index (χ2n) is 6.36. The summed E-state index contributed by atoms with van der Waals surface area (Å²) in [6.45, 7) is 3.40. The quantitative estimate of drug-likeness (QED) is 0.336. The van der Waals surface area contributed by atoms with Crippen LogP contribution in [0.4, 0.5) is 17.2 Å². The zero-order valence-corrected chi connectivity index (χ0v) is 16.0. The molecule has 1 aromatic heterocycles. The van der Waals surface area contributed by atoms with E-state index in [1.165, 1.54) is 12.4 Å². The van der Waals surface area contributed by atoms with E-state index in [0.717, 1.165) is 28.1 Å². The maximum Gasteiger partial charge on any atom is 0.256 e. The third kappa shape index (κ3) is 4.52. The van der Waals surface area contributed by atoms with E-state index in [4.69, 9.17) is 4.74 Å². The molecule has 0 aliphatic heterocycles. The third-order valence-electron chi connectivity index (χ3n) is 4.23. The lowest BCUT2D eigenvalue weighted by atomic mass is 10.2. The van der Waals surface area contributed by atoms with Gasteiger partial charge < -0.3 is 15.4 Å². The van der Waals surface area contributed by atoms with Crippen LogP contribution in [0.5, 0.6) is 11.5 Å². The van der Waals surface area contributed by atoms with Crippen molar-refractivity contribution in [1.82, 2.24) is 9.97 Å². The van der Waals surface area contributed by atoms with Crippen LogP contribution in [-0.4, -0.2) is 15.9 Å². The number of benzene rings is 3. The number of rotatable bonds is 6. The van der Waals surface area contributed by atoms with Gasteiger partial charge in [-0.3, -0.25) is 4.79 Å². The molecule has 0 saturated carbocycles. The lowest BCUT2D eigenvalue weighted by Crippen LogP contribution is -2.07. The van der Waals surface area contributed by atoms with E-state index in [2.05, 4.69) is 32.9 Å². The van der Waals surface area contributed by atoms with Crippen LogP contribution >= 0.6 is 0 Å². The van der Waals surface area contributed by atoms with Crippen LogP contribution in [-0.2, 0) is 4.79 Å². The van der Waals surface area contributed by atoms with Gasteiger partial charge in [0.05, 0.1) is 5.52 Å². The molecule has 0 radical (unpaired) electrons. The van der Waals surface area contributed by atoms with Gasteiger partial charge in [0.1, 0.15) is 23.6 Å². The number of carbonyl (C=O) groups is 1. The Morgan fingerprint density at radius 3 is 2.43 bits per heavy atom. The Bertz CT molecular complexity index is 1230. The summed E-state index contributed by atoms with van der Waals surface area (Å²) < 4.78 is 5.82. The van der Waals surface area contributed by atoms with Gasteiger partial charge in [0, 0.05) is 22.8 Å². The minimum absolute atomic E-state index is 0.301. The van der Waals surface area contributed by atoms with Crippen molar-refractivity contribution in [2.45, 2.75) is 0 Å². The molecule has 0 bridgehead atoms. The normalized spacial score (nSPS) is 10.1. The number of nitrogens with zero attached hydrogens (tertiary/aromatic N) is 2. The summed E-state index contributed by atoms with van der Waals surface area (Å²) in [5.41, 5.74) is 4.69. The summed E-state index contributed by atoms with van der Waals surface area (Å²) >= 11 is 0. The smallest absolute Gasteiger partial charge is 0.256 e. The van der Waals surface area contributed by atoms with E-state index in [1.807, 2.05) is 66.7 Å². The van der Waals surface area contributed by atoms with Gasteiger partial charge in [-0.15, -0.1) is 5.73 Å². The number of anilines is 3. The topological polar surface area (TPSA) is 76.1 Å². The van der Waals surface area contributed by atoms with E-state index >= 15 is 0 Å². The predicted molar refractivity (Wildman–Crippen MR) is 118 cm³/mol. The van der Waals surface area contributed by atoms with Crippen molar-refractivity contribution in [2.24, 2.45) is 0 Å². The number of para-hydroxylation sites is 1. The Labute approximate surface area is 173 Å². The molecule has 6 nitrogen and oxygen atoms in total. The number of hydrogen-bond acceptors (Lipinski definition) is 5. The van der Waals surface area contributed by atoms with E-state index in [1.54, 1.807) is 6.07 Å². The maximum absolute atomic E-state index is 11.8. The monoisotopic (exact) mass is 394 g/mol. The summed E-state index contributed by atoms with van der Waals surface area (Å²) in [6.07, 6.45) is 2.74. The van der Waals surface area contributed by atoms with E-state index < -0.39 is 0 Å². The summed E-state index contributed by atoms with van der Waals surface area (Å²) in [6, 6.07) is 22.6. The van der Waals surface area contributed by atoms with Crippen molar-refractivity contribution < 1.29 is 9.53 Å². The van der Waals surface area contributed by atoms with Gasteiger partial charge in [0.15, 0.2) is 0 Å². The fraction of sp³-hybridized carbons (Fsp3) is 0. The molecule has 1 heterocycles. The molecule has 4 aromatic rings. The highest BCUT2D eigenvalue weighted by molar-refractivity contribution is 6.01. The lowest BCUT2D eigenvalue weighted by molar-refractivity contribution is -0.111.